The molecule has 0 saturated carbocycles. The summed E-state index contributed by atoms with van der Waals surface area (Å²) in [4.78, 5) is 0. The van der Waals surface area contributed by atoms with Crippen molar-refractivity contribution in [1.82, 2.24) is 4.72 Å². The summed E-state index contributed by atoms with van der Waals surface area (Å²) in [7, 11) is -3.51. The largest absolute Gasteiger partial charge is 0.396 e. The molecule has 1 aromatic heterocycles. The molecule has 1 rings (SSSR count). The molecule has 0 radical (unpaired) electrons. The van der Waals surface area contributed by atoms with Crippen LogP contribution in [0.2, 0.25) is 4.34 Å². The number of halogens is 1. The van der Waals surface area contributed by atoms with Crippen molar-refractivity contribution in [2.75, 3.05) is 13.2 Å². The summed E-state index contributed by atoms with van der Waals surface area (Å²) in [5.41, 5.74) is -0.478. The predicted octanol–water partition coefficient (Wildman–Crippen LogP) is 1.70. The summed E-state index contributed by atoms with van der Waals surface area (Å²) in [6.45, 7) is 3.65. The van der Waals surface area contributed by atoms with Crippen LogP contribution in [0.25, 0.3) is 0 Å². The molecule has 7 heteroatoms. The monoisotopic (exact) mass is 283 g/mol. The van der Waals surface area contributed by atoms with Gasteiger partial charge in [-0.05, 0) is 12.1 Å². The van der Waals surface area contributed by atoms with E-state index < -0.39 is 15.4 Å². The van der Waals surface area contributed by atoms with Crippen molar-refractivity contribution in [3.8, 4) is 0 Å². The quantitative estimate of drug-likeness (QED) is 0.864. The Morgan fingerprint density at radius 2 is 2.12 bits per heavy atom. The standard InChI is InChI=1S/C9H14ClNO3S2/c1-9(2,6-12)5-11-16(13,14)8-4-3-7(10)15-8/h3-4,11-12H,5-6H2,1-2H3. The van der Waals surface area contributed by atoms with Gasteiger partial charge in [-0.3, -0.25) is 0 Å². The van der Waals surface area contributed by atoms with Crippen LogP contribution in [0.4, 0.5) is 0 Å². The number of aliphatic hydroxyl groups is 1. The van der Waals surface area contributed by atoms with Gasteiger partial charge in [-0.25, -0.2) is 13.1 Å². The first-order valence-electron chi connectivity index (χ1n) is 4.63. The summed E-state index contributed by atoms with van der Waals surface area (Å²) in [6.07, 6.45) is 0. The molecule has 2 N–H and O–H groups in total. The van der Waals surface area contributed by atoms with Crippen molar-refractivity contribution < 1.29 is 13.5 Å². The summed E-state index contributed by atoms with van der Waals surface area (Å²) >= 11 is 6.68. The van der Waals surface area contributed by atoms with Crippen molar-refractivity contribution in [2.45, 2.75) is 18.1 Å². The van der Waals surface area contributed by atoms with E-state index in [1.165, 1.54) is 12.1 Å². The van der Waals surface area contributed by atoms with Crippen molar-refractivity contribution in [3.05, 3.63) is 16.5 Å². The van der Waals surface area contributed by atoms with Gasteiger partial charge < -0.3 is 5.11 Å². The fraction of sp³-hybridized carbons (Fsp3) is 0.556. The molecule has 92 valence electrons. The molecule has 0 aliphatic rings. The molecule has 1 heterocycles. The highest BCUT2D eigenvalue weighted by Crippen LogP contribution is 2.25. The number of rotatable bonds is 5. The summed E-state index contributed by atoms with van der Waals surface area (Å²) in [5.74, 6) is 0. The number of hydrogen-bond acceptors (Lipinski definition) is 4. The number of nitrogens with one attached hydrogen (secondary N) is 1. The second kappa shape index (κ2) is 5.01. The molecule has 0 unspecified atom stereocenters. The van der Waals surface area contributed by atoms with Crippen LogP contribution in [0.1, 0.15) is 13.8 Å². The van der Waals surface area contributed by atoms with E-state index in [1.807, 2.05) is 0 Å². The van der Waals surface area contributed by atoms with Gasteiger partial charge in [0.2, 0.25) is 10.0 Å². The number of sulfonamides is 1. The van der Waals surface area contributed by atoms with Crippen LogP contribution in [-0.2, 0) is 10.0 Å². The maximum atomic E-state index is 11.8. The van der Waals surface area contributed by atoms with E-state index in [9.17, 15) is 8.42 Å². The zero-order valence-electron chi connectivity index (χ0n) is 9.03. The third-order valence-corrected chi connectivity index (χ3v) is 5.11. The second-order valence-corrected chi connectivity index (χ2v) is 7.91. The van der Waals surface area contributed by atoms with Crippen LogP contribution in [0, 0.1) is 5.41 Å². The van der Waals surface area contributed by atoms with E-state index in [0.29, 0.717) is 4.34 Å². The van der Waals surface area contributed by atoms with Crippen LogP contribution in [0.15, 0.2) is 16.3 Å². The van der Waals surface area contributed by atoms with Gasteiger partial charge in [-0.1, -0.05) is 25.4 Å². The van der Waals surface area contributed by atoms with Crippen LogP contribution < -0.4 is 4.72 Å². The van der Waals surface area contributed by atoms with Gasteiger partial charge in [-0.2, -0.15) is 0 Å². The Labute approximate surface area is 104 Å². The van der Waals surface area contributed by atoms with E-state index in [4.69, 9.17) is 16.7 Å². The van der Waals surface area contributed by atoms with Crippen molar-refractivity contribution >= 4 is 33.0 Å². The average Bonchev–Trinajstić information content (AvgIpc) is 2.63. The topological polar surface area (TPSA) is 66.4 Å². The Morgan fingerprint density at radius 3 is 2.56 bits per heavy atom. The van der Waals surface area contributed by atoms with Crippen molar-refractivity contribution in [3.63, 3.8) is 0 Å². The highest BCUT2D eigenvalue weighted by atomic mass is 35.5. The molecule has 0 amide bonds. The molecule has 0 spiro atoms. The minimum Gasteiger partial charge on any atom is -0.396 e. The first-order chi connectivity index (χ1) is 7.27. The molecule has 1 aromatic rings. The van der Waals surface area contributed by atoms with Crippen LogP contribution >= 0.6 is 22.9 Å². The molecular formula is C9H14ClNO3S2. The Hall–Kier alpha value is -0.140. The maximum Gasteiger partial charge on any atom is 0.250 e. The van der Waals surface area contributed by atoms with Crippen LogP contribution in [0.5, 0.6) is 0 Å². The zero-order valence-corrected chi connectivity index (χ0v) is 11.4. The second-order valence-electron chi connectivity index (χ2n) is 4.21. The van der Waals surface area contributed by atoms with Gasteiger partial charge in [-0.15, -0.1) is 11.3 Å². The van der Waals surface area contributed by atoms with Gasteiger partial charge in [0.1, 0.15) is 4.21 Å². The smallest absolute Gasteiger partial charge is 0.250 e. The third-order valence-electron chi connectivity index (χ3n) is 1.98. The zero-order chi connectivity index (χ0) is 12.4. The van der Waals surface area contributed by atoms with E-state index in [0.717, 1.165) is 11.3 Å². The lowest BCUT2D eigenvalue weighted by Crippen LogP contribution is -2.35. The fourth-order valence-electron chi connectivity index (χ4n) is 0.860. The SMILES string of the molecule is CC(C)(CO)CNS(=O)(=O)c1ccc(Cl)s1. The molecule has 4 nitrogen and oxygen atoms in total. The predicted molar refractivity (Wildman–Crippen MR) is 65.4 cm³/mol. The minimum atomic E-state index is -3.51. The molecule has 0 bridgehead atoms. The lowest BCUT2D eigenvalue weighted by atomic mass is 9.96. The van der Waals surface area contributed by atoms with Gasteiger partial charge in [0.25, 0.3) is 0 Å². The van der Waals surface area contributed by atoms with E-state index in [2.05, 4.69) is 4.72 Å². The van der Waals surface area contributed by atoms with E-state index in [1.54, 1.807) is 13.8 Å². The van der Waals surface area contributed by atoms with Gasteiger partial charge >= 0.3 is 0 Å². The number of hydrogen-bond donors (Lipinski definition) is 2. The molecule has 16 heavy (non-hydrogen) atoms. The molecule has 0 fully saturated rings. The fourth-order valence-corrected chi connectivity index (χ4v) is 3.63. The summed E-state index contributed by atoms with van der Waals surface area (Å²) in [6, 6.07) is 3.00. The highest BCUT2D eigenvalue weighted by molar-refractivity contribution is 7.91. The Balaban J connectivity index is 2.74. The Kier molecular flexibility index (Phi) is 4.36. The van der Waals surface area contributed by atoms with Gasteiger partial charge in [0, 0.05) is 18.6 Å². The average molecular weight is 284 g/mol. The molecular weight excluding hydrogens is 270 g/mol. The Bertz CT molecular complexity index is 453. The lowest BCUT2D eigenvalue weighted by Gasteiger charge is -2.21. The summed E-state index contributed by atoms with van der Waals surface area (Å²) in [5, 5.41) is 9.01. The lowest BCUT2D eigenvalue weighted by molar-refractivity contribution is 0.163. The van der Waals surface area contributed by atoms with Crippen molar-refractivity contribution in [2.24, 2.45) is 5.41 Å². The normalized spacial score (nSPS) is 13.0. The minimum absolute atomic E-state index is 0.0826. The molecule has 0 saturated heterocycles. The van der Waals surface area contributed by atoms with Crippen molar-refractivity contribution in [1.29, 1.82) is 0 Å². The molecule has 0 aliphatic carbocycles. The first kappa shape index (κ1) is 13.9. The molecule has 0 aromatic carbocycles. The van der Waals surface area contributed by atoms with Crippen LogP contribution in [0.3, 0.4) is 0 Å². The third kappa shape index (κ3) is 3.71. The highest BCUT2D eigenvalue weighted by Gasteiger charge is 2.22. The summed E-state index contributed by atoms with van der Waals surface area (Å²) < 4.78 is 26.6. The van der Waals surface area contributed by atoms with Gasteiger partial charge in [0.05, 0.1) is 4.34 Å². The maximum absolute atomic E-state index is 11.8. The molecule has 0 aliphatic heterocycles. The number of thiophene rings is 1. The Morgan fingerprint density at radius 1 is 1.50 bits per heavy atom. The van der Waals surface area contributed by atoms with E-state index in [-0.39, 0.29) is 17.4 Å². The van der Waals surface area contributed by atoms with Gasteiger partial charge in [0.15, 0.2) is 0 Å². The van der Waals surface area contributed by atoms with E-state index >= 15 is 0 Å². The molecule has 0 atom stereocenters. The van der Waals surface area contributed by atoms with Crippen LogP contribution in [-0.4, -0.2) is 26.7 Å². The first-order valence-corrected chi connectivity index (χ1v) is 7.30. The number of aliphatic hydroxyl groups excluding tert-OH is 1.